The fourth-order valence-corrected chi connectivity index (χ4v) is 3.31. The highest BCUT2D eigenvalue weighted by atomic mass is 16.5. The third kappa shape index (κ3) is 2.75. The Morgan fingerprint density at radius 1 is 1.25 bits per heavy atom. The quantitative estimate of drug-likeness (QED) is 0.730. The van der Waals surface area contributed by atoms with Gasteiger partial charge >= 0.3 is 0 Å². The molecule has 1 amide bonds. The Balaban J connectivity index is 1.63. The van der Waals surface area contributed by atoms with Crippen LogP contribution in [0.2, 0.25) is 0 Å². The molecular weight excluding hydrogens is 302 g/mol. The fraction of sp³-hybridized carbons (Fsp3) is 0.250. The second-order valence-corrected chi connectivity index (χ2v) is 6.36. The summed E-state index contributed by atoms with van der Waals surface area (Å²) in [6, 6.07) is 14.3. The molecule has 122 valence electrons. The first-order valence-electron chi connectivity index (χ1n) is 8.13. The van der Waals surface area contributed by atoms with Gasteiger partial charge in [0.15, 0.2) is 0 Å². The van der Waals surface area contributed by atoms with Gasteiger partial charge in [-0.1, -0.05) is 24.3 Å². The molecule has 0 saturated carbocycles. The molecule has 1 fully saturated rings. The van der Waals surface area contributed by atoms with E-state index in [1.54, 1.807) is 17.4 Å². The van der Waals surface area contributed by atoms with Gasteiger partial charge in [-0.15, -0.1) is 0 Å². The van der Waals surface area contributed by atoms with Crippen molar-refractivity contribution in [1.29, 1.82) is 0 Å². The minimum absolute atomic E-state index is 0.196. The average Bonchev–Trinajstić information content (AvgIpc) is 3.23. The molecule has 1 aliphatic rings. The van der Waals surface area contributed by atoms with Gasteiger partial charge in [0.2, 0.25) is 5.91 Å². The van der Waals surface area contributed by atoms with Crippen LogP contribution in [0.5, 0.6) is 5.75 Å². The predicted molar refractivity (Wildman–Crippen MR) is 92.9 cm³/mol. The Labute approximate surface area is 140 Å². The number of benzene rings is 2. The van der Waals surface area contributed by atoms with Gasteiger partial charge in [-0.3, -0.25) is 4.79 Å². The zero-order valence-corrected chi connectivity index (χ0v) is 13.6. The number of hydrogen-bond donors (Lipinski definition) is 0. The molecule has 0 bridgehead atoms. The number of carbonyl (C=O) groups excluding carboxylic acids is 1. The highest BCUT2D eigenvalue weighted by Crippen LogP contribution is 2.33. The SMILES string of the molecule is CN1CC(COc2cc(-c3ccoc3)c3ccccc3c2)CC1=O. The van der Waals surface area contributed by atoms with E-state index in [1.807, 2.05) is 31.3 Å². The summed E-state index contributed by atoms with van der Waals surface area (Å²) in [6.07, 6.45) is 3.99. The summed E-state index contributed by atoms with van der Waals surface area (Å²) in [4.78, 5) is 13.4. The smallest absolute Gasteiger partial charge is 0.222 e. The summed E-state index contributed by atoms with van der Waals surface area (Å²) < 4.78 is 11.3. The van der Waals surface area contributed by atoms with Crippen molar-refractivity contribution < 1.29 is 13.9 Å². The molecule has 2 heterocycles. The van der Waals surface area contributed by atoms with Gasteiger partial charge in [0.25, 0.3) is 0 Å². The van der Waals surface area contributed by atoms with Gasteiger partial charge < -0.3 is 14.1 Å². The molecule has 1 saturated heterocycles. The summed E-state index contributed by atoms with van der Waals surface area (Å²) in [5.74, 6) is 1.28. The number of ether oxygens (including phenoxy) is 1. The van der Waals surface area contributed by atoms with Crippen LogP contribution in [0.15, 0.2) is 59.4 Å². The van der Waals surface area contributed by atoms with Crippen LogP contribution in [-0.4, -0.2) is 31.0 Å². The van der Waals surface area contributed by atoms with E-state index in [0.717, 1.165) is 28.8 Å². The van der Waals surface area contributed by atoms with Crippen molar-refractivity contribution in [1.82, 2.24) is 4.90 Å². The Morgan fingerprint density at radius 2 is 2.12 bits per heavy atom. The Kier molecular flexibility index (Phi) is 3.73. The van der Waals surface area contributed by atoms with E-state index in [9.17, 15) is 4.79 Å². The van der Waals surface area contributed by atoms with E-state index in [1.165, 1.54) is 5.39 Å². The topological polar surface area (TPSA) is 42.7 Å². The summed E-state index contributed by atoms with van der Waals surface area (Å²) in [6.45, 7) is 1.32. The first-order valence-corrected chi connectivity index (χ1v) is 8.13. The zero-order chi connectivity index (χ0) is 16.5. The second-order valence-electron chi connectivity index (χ2n) is 6.36. The summed E-state index contributed by atoms with van der Waals surface area (Å²) in [7, 11) is 1.84. The van der Waals surface area contributed by atoms with E-state index >= 15 is 0 Å². The minimum atomic E-state index is 0.196. The molecule has 1 atom stereocenters. The maximum absolute atomic E-state index is 11.6. The molecule has 2 aromatic carbocycles. The van der Waals surface area contributed by atoms with Gasteiger partial charge in [0, 0.05) is 31.5 Å². The van der Waals surface area contributed by atoms with Gasteiger partial charge in [0.05, 0.1) is 19.1 Å². The number of fused-ring (bicyclic) bond motifs is 1. The number of likely N-dealkylation sites (tertiary alicyclic amines) is 1. The van der Waals surface area contributed by atoms with Crippen molar-refractivity contribution in [3.8, 4) is 16.9 Å². The molecule has 0 radical (unpaired) electrons. The molecule has 0 aliphatic carbocycles. The van der Waals surface area contributed by atoms with Gasteiger partial charge in [-0.05, 0) is 34.5 Å². The number of amides is 1. The standard InChI is InChI=1S/C20H19NO3/c1-21-11-14(8-20(21)22)12-24-17-9-15-4-2-3-5-18(15)19(10-17)16-6-7-23-13-16/h2-7,9-10,13-14H,8,11-12H2,1H3. The molecule has 4 heteroatoms. The first-order chi connectivity index (χ1) is 11.7. The van der Waals surface area contributed by atoms with Crippen molar-refractivity contribution in [2.45, 2.75) is 6.42 Å². The Hall–Kier alpha value is -2.75. The monoisotopic (exact) mass is 321 g/mol. The van der Waals surface area contributed by atoms with Crippen molar-refractivity contribution in [3.63, 3.8) is 0 Å². The van der Waals surface area contributed by atoms with E-state index < -0.39 is 0 Å². The van der Waals surface area contributed by atoms with E-state index in [0.29, 0.717) is 13.0 Å². The predicted octanol–water partition coefficient (Wildman–Crippen LogP) is 3.96. The lowest BCUT2D eigenvalue weighted by Crippen LogP contribution is -2.20. The molecule has 1 unspecified atom stereocenters. The van der Waals surface area contributed by atoms with E-state index in [4.69, 9.17) is 9.15 Å². The number of nitrogens with zero attached hydrogens (tertiary/aromatic N) is 1. The Morgan fingerprint density at radius 3 is 2.88 bits per heavy atom. The summed E-state index contributed by atoms with van der Waals surface area (Å²) in [5.41, 5.74) is 2.13. The first kappa shape index (κ1) is 14.8. The molecule has 4 rings (SSSR count). The molecule has 3 aromatic rings. The van der Waals surface area contributed by atoms with Crippen LogP contribution in [0.1, 0.15) is 6.42 Å². The number of rotatable bonds is 4. The molecular formula is C20H19NO3. The molecule has 1 aromatic heterocycles. The van der Waals surface area contributed by atoms with Gasteiger partial charge in [0.1, 0.15) is 5.75 Å². The van der Waals surface area contributed by atoms with Crippen molar-refractivity contribution in [3.05, 3.63) is 55.0 Å². The number of hydrogen-bond acceptors (Lipinski definition) is 3. The number of furan rings is 1. The lowest BCUT2D eigenvalue weighted by atomic mass is 10.00. The zero-order valence-electron chi connectivity index (χ0n) is 13.6. The summed E-state index contributed by atoms with van der Waals surface area (Å²) >= 11 is 0. The van der Waals surface area contributed by atoms with Crippen molar-refractivity contribution >= 4 is 16.7 Å². The average molecular weight is 321 g/mol. The van der Waals surface area contributed by atoms with Gasteiger partial charge in [-0.25, -0.2) is 0 Å². The van der Waals surface area contributed by atoms with Crippen LogP contribution in [0.25, 0.3) is 21.9 Å². The molecule has 0 N–H and O–H groups in total. The van der Waals surface area contributed by atoms with Crippen LogP contribution in [0, 0.1) is 5.92 Å². The van der Waals surface area contributed by atoms with Crippen LogP contribution in [0.3, 0.4) is 0 Å². The largest absolute Gasteiger partial charge is 0.493 e. The maximum Gasteiger partial charge on any atom is 0.222 e. The molecule has 4 nitrogen and oxygen atoms in total. The maximum atomic E-state index is 11.6. The lowest BCUT2D eigenvalue weighted by molar-refractivity contribution is -0.126. The molecule has 24 heavy (non-hydrogen) atoms. The van der Waals surface area contributed by atoms with Crippen molar-refractivity contribution in [2.75, 3.05) is 20.2 Å². The van der Waals surface area contributed by atoms with E-state index in [-0.39, 0.29) is 11.8 Å². The van der Waals surface area contributed by atoms with E-state index in [2.05, 4.69) is 18.2 Å². The lowest BCUT2D eigenvalue weighted by Gasteiger charge is -2.14. The third-order valence-electron chi connectivity index (χ3n) is 4.57. The fourth-order valence-electron chi connectivity index (χ4n) is 3.31. The van der Waals surface area contributed by atoms with Crippen LogP contribution >= 0.6 is 0 Å². The molecule has 1 aliphatic heterocycles. The highest BCUT2D eigenvalue weighted by Gasteiger charge is 2.27. The molecule has 0 spiro atoms. The Bertz CT molecular complexity index is 870. The van der Waals surface area contributed by atoms with Crippen LogP contribution in [0.4, 0.5) is 0 Å². The third-order valence-corrected chi connectivity index (χ3v) is 4.57. The second kappa shape index (κ2) is 6.04. The summed E-state index contributed by atoms with van der Waals surface area (Å²) in [5, 5.41) is 2.30. The normalized spacial score (nSPS) is 17.6. The van der Waals surface area contributed by atoms with Crippen molar-refractivity contribution in [2.24, 2.45) is 5.92 Å². The van der Waals surface area contributed by atoms with Crippen LogP contribution in [-0.2, 0) is 4.79 Å². The number of carbonyl (C=O) groups is 1. The highest BCUT2D eigenvalue weighted by molar-refractivity contribution is 5.97. The van der Waals surface area contributed by atoms with Crippen LogP contribution < -0.4 is 4.74 Å². The minimum Gasteiger partial charge on any atom is -0.493 e. The van der Waals surface area contributed by atoms with Gasteiger partial charge in [-0.2, -0.15) is 0 Å².